The van der Waals surface area contributed by atoms with Crippen LogP contribution in [-0.2, 0) is 9.47 Å². The number of methoxy groups -OCH3 is 1. The minimum atomic E-state index is -0.470. The highest BCUT2D eigenvalue weighted by atomic mass is 16.5. The van der Waals surface area contributed by atoms with Gasteiger partial charge in [-0.25, -0.2) is 9.78 Å². The molecular formula is C12H13N3O3. The maximum absolute atomic E-state index is 11.4. The third kappa shape index (κ3) is 2.57. The van der Waals surface area contributed by atoms with Crippen LogP contribution in [0.25, 0.3) is 0 Å². The number of esters is 1. The Kier molecular flexibility index (Phi) is 3.75. The number of morpholine rings is 1. The van der Waals surface area contributed by atoms with E-state index in [0.29, 0.717) is 19.7 Å². The van der Waals surface area contributed by atoms with Crippen molar-refractivity contribution in [1.29, 1.82) is 5.26 Å². The number of rotatable bonds is 2. The molecule has 2 heterocycles. The van der Waals surface area contributed by atoms with Crippen molar-refractivity contribution in [3.63, 3.8) is 0 Å². The van der Waals surface area contributed by atoms with Gasteiger partial charge in [0.15, 0.2) is 6.10 Å². The van der Waals surface area contributed by atoms with E-state index in [2.05, 4.69) is 15.8 Å². The molecule has 0 bridgehead atoms. The lowest BCUT2D eigenvalue weighted by Gasteiger charge is -2.31. The normalized spacial score (nSPS) is 19.1. The van der Waals surface area contributed by atoms with Crippen LogP contribution in [0.2, 0.25) is 0 Å². The zero-order valence-corrected chi connectivity index (χ0v) is 10.00. The average molecular weight is 247 g/mol. The number of pyridine rings is 1. The quantitative estimate of drug-likeness (QED) is 0.712. The number of nitrogens with zero attached hydrogens (tertiary/aromatic N) is 3. The fourth-order valence-electron chi connectivity index (χ4n) is 1.79. The van der Waals surface area contributed by atoms with Gasteiger partial charge >= 0.3 is 5.97 Å². The molecule has 6 heteroatoms. The zero-order valence-electron chi connectivity index (χ0n) is 10.00. The van der Waals surface area contributed by atoms with Crippen LogP contribution in [0.5, 0.6) is 0 Å². The molecule has 6 nitrogen and oxygen atoms in total. The molecule has 0 saturated carbocycles. The maximum Gasteiger partial charge on any atom is 0.356 e. The Morgan fingerprint density at radius 1 is 1.72 bits per heavy atom. The molecule has 1 unspecified atom stereocenters. The Morgan fingerprint density at radius 2 is 2.56 bits per heavy atom. The van der Waals surface area contributed by atoms with Gasteiger partial charge in [-0.05, 0) is 12.1 Å². The summed E-state index contributed by atoms with van der Waals surface area (Å²) in [5, 5.41) is 8.85. The van der Waals surface area contributed by atoms with Gasteiger partial charge in [0.2, 0.25) is 0 Å². The number of aromatic nitrogens is 1. The molecule has 1 fully saturated rings. The molecule has 0 N–H and O–H groups in total. The molecule has 0 aliphatic carbocycles. The molecule has 0 amide bonds. The third-order valence-corrected chi connectivity index (χ3v) is 2.71. The number of hydrogen-bond acceptors (Lipinski definition) is 6. The van der Waals surface area contributed by atoms with E-state index in [9.17, 15) is 4.79 Å². The predicted molar refractivity (Wildman–Crippen MR) is 63.1 cm³/mol. The summed E-state index contributed by atoms with van der Waals surface area (Å²) in [6.07, 6.45) is 1.12. The van der Waals surface area contributed by atoms with Crippen molar-refractivity contribution in [2.24, 2.45) is 0 Å². The fraction of sp³-hybridized carbons (Fsp3) is 0.417. The van der Waals surface area contributed by atoms with Crippen molar-refractivity contribution in [3.05, 3.63) is 24.0 Å². The van der Waals surface area contributed by atoms with Crippen LogP contribution >= 0.6 is 0 Å². The first-order chi connectivity index (χ1) is 8.74. The number of hydrogen-bond donors (Lipinski definition) is 0. The van der Waals surface area contributed by atoms with E-state index in [0.717, 1.165) is 5.69 Å². The highest BCUT2D eigenvalue weighted by molar-refractivity contribution is 5.88. The van der Waals surface area contributed by atoms with Crippen molar-refractivity contribution in [2.45, 2.75) is 6.10 Å². The SMILES string of the molecule is COC(=O)c1cc(N2CCOC(C#N)C2)ccn1. The van der Waals surface area contributed by atoms with Crippen LogP contribution in [-0.4, -0.2) is 43.9 Å². The van der Waals surface area contributed by atoms with Crippen LogP contribution in [0.15, 0.2) is 18.3 Å². The van der Waals surface area contributed by atoms with Crippen LogP contribution in [0.4, 0.5) is 5.69 Å². The van der Waals surface area contributed by atoms with Gasteiger partial charge in [0, 0.05) is 18.4 Å². The van der Waals surface area contributed by atoms with Crippen molar-refractivity contribution in [3.8, 4) is 6.07 Å². The first-order valence-corrected chi connectivity index (χ1v) is 5.55. The van der Waals surface area contributed by atoms with Crippen molar-refractivity contribution in [2.75, 3.05) is 31.7 Å². The van der Waals surface area contributed by atoms with E-state index >= 15 is 0 Å². The van der Waals surface area contributed by atoms with Gasteiger partial charge in [0.25, 0.3) is 0 Å². The Bertz CT molecular complexity index is 484. The summed E-state index contributed by atoms with van der Waals surface area (Å²) in [6.45, 7) is 1.66. The molecule has 1 saturated heterocycles. The molecule has 1 atom stereocenters. The lowest BCUT2D eigenvalue weighted by atomic mass is 10.2. The summed E-state index contributed by atoms with van der Waals surface area (Å²) in [5.41, 5.74) is 1.10. The second kappa shape index (κ2) is 5.47. The van der Waals surface area contributed by atoms with Gasteiger partial charge < -0.3 is 14.4 Å². The Hall–Kier alpha value is -2.13. The van der Waals surface area contributed by atoms with E-state index in [-0.39, 0.29) is 5.69 Å². The van der Waals surface area contributed by atoms with E-state index in [1.54, 1.807) is 18.3 Å². The molecule has 1 aromatic heterocycles. The van der Waals surface area contributed by atoms with Gasteiger partial charge in [-0.1, -0.05) is 0 Å². The molecule has 18 heavy (non-hydrogen) atoms. The van der Waals surface area contributed by atoms with Crippen molar-refractivity contribution < 1.29 is 14.3 Å². The fourth-order valence-corrected chi connectivity index (χ4v) is 1.79. The molecule has 0 radical (unpaired) electrons. The number of ether oxygens (including phenoxy) is 2. The van der Waals surface area contributed by atoms with Gasteiger partial charge in [0.05, 0.1) is 26.3 Å². The van der Waals surface area contributed by atoms with E-state index in [1.807, 2.05) is 4.90 Å². The Morgan fingerprint density at radius 3 is 3.28 bits per heavy atom. The van der Waals surface area contributed by atoms with Crippen LogP contribution in [0.1, 0.15) is 10.5 Å². The van der Waals surface area contributed by atoms with Crippen LogP contribution < -0.4 is 4.90 Å². The van der Waals surface area contributed by atoms with E-state index < -0.39 is 12.1 Å². The number of carbonyl (C=O) groups excluding carboxylic acids is 1. The Balaban J connectivity index is 2.18. The number of carbonyl (C=O) groups is 1. The minimum Gasteiger partial charge on any atom is -0.464 e. The standard InChI is InChI=1S/C12H13N3O3/c1-17-12(16)11-6-9(2-3-14-11)15-4-5-18-10(7-13)8-15/h2-3,6,10H,4-5,8H2,1H3. The highest BCUT2D eigenvalue weighted by Gasteiger charge is 2.21. The lowest BCUT2D eigenvalue weighted by molar-refractivity contribution is 0.0594. The molecule has 1 aliphatic heterocycles. The van der Waals surface area contributed by atoms with Gasteiger partial charge in [-0.15, -0.1) is 0 Å². The zero-order chi connectivity index (χ0) is 13.0. The Labute approximate surface area is 105 Å². The minimum absolute atomic E-state index is 0.259. The van der Waals surface area contributed by atoms with Gasteiger partial charge in [-0.3, -0.25) is 0 Å². The topological polar surface area (TPSA) is 75.4 Å². The molecule has 1 aliphatic rings. The van der Waals surface area contributed by atoms with E-state index in [4.69, 9.17) is 10.00 Å². The summed E-state index contributed by atoms with van der Waals surface area (Å²) in [4.78, 5) is 17.3. The maximum atomic E-state index is 11.4. The predicted octanol–water partition coefficient (Wildman–Crippen LogP) is 0.597. The third-order valence-electron chi connectivity index (χ3n) is 2.71. The first kappa shape index (κ1) is 12.3. The molecule has 0 aromatic carbocycles. The van der Waals surface area contributed by atoms with Gasteiger partial charge in [-0.2, -0.15) is 5.26 Å². The molecule has 1 aromatic rings. The molecule has 2 rings (SSSR count). The summed E-state index contributed by atoms with van der Waals surface area (Å²) < 4.78 is 9.89. The lowest BCUT2D eigenvalue weighted by Crippen LogP contribution is -2.41. The average Bonchev–Trinajstić information content (AvgIpc) is 2.46. The molecule has 94 valence electrons. The summed E-state index contributed by atoms with van der Waals surface area (Å²) >= 11 is 0. The van der Waals surface area contributed by atoms with Crippen LogP contribution in [0.3, 0.4) is 0 Å². The first-order valence-electron chi connectivity index (χ1n) is 5.55. The van der Waals surface area contributed by atoms with Crippen LogP contribution in [0, 0.1) is 11.3 Å². The van der Waals surface area contributed by atoms with Crippen molar-refractivity contribution >= 4 is 11.7 Å². The second-order valence-electron chi connectivity index (χ2n) is 3.83. The summed E-state index contributed by atoms with van der Waals surface area (Å²) in [5.74, 6) is -0.470. The molecule has 0 spiro atoms. The van der Waals surface area contributed by atoms with E-state index in [1.165, 1.54) is 7.11 Å². The van der Waals surface area contributed by atoms with Crippen molar-refractivity contribution in [1.82, 2.24) is 4.98 Å². The summed E-state index contributed by atoms with van der Waals surface area (Å²) in [7, 11) is 1.32. The summed E-state index contributed by atoms with van der Waals surface area (Å²) in [6, 6.07) is 5.54. The number of nitriles is 1. The second-order valence-corrected chi connectivity index (χ2v) is 3.83. The smallest absolute Gasteiger partial charge is 0.356 e. The van der Waals surface area contributed by atoms with Gasteiger partial charge in [0.1, 0.15) is 5.69 Å². The highest BCUT2D eigenvalue weighted by Crippen LogP contribution is 2.18. The monoisotopic (exact) mass is 247 g/mol. The number of anilines is 1. The molecular weight excluding hydrogens is 234 g/mol. The largest absolute Gasteiger partial charge is 0.464 e.